The van der Waals surface area contributed by atoms with Gasteiger partial charge in [0.1, 0.15) is 0 Å². The maximum absolute atomic E-state index is 6.22. The first-order chi connectivity index (χ1) is 7.30. The average molecular weight is 245 g/mol. The van der Waals surface area contributed by atoms with Gasteiger partial charge < -0.3 is 22.5 Å². The second kappa shape index (κ2) is 4.83. The van der Waals surface area contributed by atoms with E-state index in [0.29, 0.717) is 5.60 Å². The minimum atomic E-state index is 0. The molecule has 4 rings (SSSR count). The van der Waals surface area contributed by atoms with E-state index < -0.39 is 0 Å². The molecule has 0 aliphatic heterocycles. The lowest BCUT2D eigenvalue weighted by Crippen LogP contribution is -3.00. The Balaban J connectivity index is 0.000000963. The third-order valence-electron chi connectivity index (χ3n) is 4.74. The summed E-state index contributed by atoms with van der Waals surface area (Å²) in [5.41, 5.74) is 0.311. The molecule has 4 bridgehead atoms. The van der Waals surface area contributed by atoms with Crippen molar-refractivity contribution in [3.05, 3.63) is 0 Å². The molecule has 0 aromatic rings. The van der Waals surface area contributed by atoms with Crippen LogP contribution >= 0.6 is 0 Å². The van der Waals surface area contributed by atoms with E-state index >= 15 is 0 Å². The Labute approximate surface area is 105 Å². The fourth-order valence-electron chi connectivity index (χ4n) is 4.58. The predicted molar refractivity (Wildman–Crippen MR) is 60.8 cm³/mol. The van der Waals surface area contributed by atoms with E-state index in [0.717, 1.165) is 30.9 Å². The Morgan fingerprint density at radius 1 is 1.06 bits per heavy atom. The summed E-state index contributed by atoms with van der Waals surface area (Å²) in [6.07, 6.45) is 8.62. The molecule has 4 saturated carbocycles. The minimum absolute atomic E-state index is 0. The molecule has 0 saturated heterocycles. The van der Waals surface area contributed by atoms with Crippen molar-refractivity contribution in [2.45, 2.75) is 44.1 Å². The molecule has 4 aliphatic rings. The standard InChI is InChI=1S/C13H23NO.ClH/c1-14-2-3-15-13-7-10-4-11(8-13)6-12(5-10)9-13;/h10-12,14H,2-9H2,1H3;1H/p-1. The minimum Gasteiger partial charge on any atom is -1.00 e. The zero-order valence-corrected chi connectivity index (χ0v) is 10.9. The SMILES string of the molecule is CNCCOC12CC3CC(CC(C3)C1)C2.[Cl-]. The summed E-state index contributed by atoms with van der Waals surface area (Å²) in [5, 5.41) is 3.18. The van der Waals surface area contributed by atoms with Gasteiger partial charge in [-0.05, 0) is 63.3 Å². The summed E-state index contributed by atoms with van der Waals surface area (Å²) in [7, 11) is 2.00. The molecule has 3 heteroatoms. The predicted octanol–water partition coefficient (Wildman–Crippen LogP) is -0.805. The zero-order chi connectivity index (χ0) is 10.3. The highest BCUT2D eigenvalue weighted by molar-refractivity contribution is 5.03. The van der Waals surface area contributed by atoms with Crippen molar-refractivity contribution in [3.8, 4) is 0 Å². The molecule has 2 nitrogen and oxygen atoms in total. The lowest BCUT2D eigenvalue weighted by atomic mass is 9.54. The van der Waals surface area contributed by atoms with Gasteiger partial charge in [0.2, 0.25) is 0 Å². The molecule has 0 atom stereocenters. The van der Waals surface area contributed by atoms with Crippen molar-refractivity contribution in [1.82, 2.24) is 5.32 Å². The van der Waals surface area contributed by atoms with E-state index in [-0.39, 0.29) is 12.4 Å². The van der Waals surface area contributed by atoms with Crippen LogP contribution in [0.15, 0.2) is 0 Å². The van der Waals surface area contributed by atoms with Crippen LogP contribution in [0.3, 0.4) is 0 Å². The molecule has 94 valence electrons. The van der Waals surface area contributed by atoms with E-state index in [1.54, 1.807) is 0 Å². The Morgan fingerprint density at radius 2 is 1.56 bits per heavy atom. The lowest BCUT2D eigenvalue weighted by Gasteiger charge is -2.56. The molecule has 0 radical (unpaired) electrons. The number of nitrogens with one attached hydrogen (secondary N) is 1. The van der Waals surface area contributed by atoms with Crippen LogP contribution in [0.25, 0.3) is 0 Å². The first-order valence-electron chi connectivity index (χ1n) is 6.58. The van der Waals surface area contributed by atoms with Crippen molar-refractivity contribution < 1.29 is 17.1 Å². The zero-order valence-electron chi connectivity index (χ0n) is 10.2. The summed E-state index contributed by atoms with van der Waals surface area (Å²) < 4.78 is 6.22. The normalized spacial score (nSPS) is 44.4. The number of hydrogen-bond donors (Lipinski definition) is 1. The maximum atomic E-state index is 6.22. The largest absolute Gasteiger partial charge is 1.00 e. The number of likely N-dealkylation sites (N-methyl/N-ethyl adjacent to an activating group) is 1. The monoisotopic (exact) mass is 244 g/mol. The van der Waals surface area contributed by atoms with E-state index in [1.165, 1.54) is 38.5 Å². The van der Waals surface area contributed by atoms with Crippen LogP contribution in [0.5, 0.6) is 0 Å². The van der Waals surface area contributed by atoms with Crippen molar-refractivity contribution in [2.75, 3.05) is 20.2 Å². The molecule has 0 spiro atoms. The Hall–Kier alpha value is 0.210. The topological polar surface area (TPSA) is 21.3 Å². The smallest absolute Gasteiger partial charge is 0.0691 e. The van der Waals surface area contributed by atoms with E-state index in [9.17, 15) is 0 Å². The third kappa shape index (κ3) is 2.25. The summed E-state index contributed by atoms with van der Waals surface area (Å²) in [6.45, 7) is 1.91. The van der Waals surface area contributed by atoms with Crippen LogP contribution in [0, 0.1) is 17.8 Å². The molecule has 0 amide bonds. The average Bonchev–Trinajstić information content (AvgIpc) is 2.15. The van der Waals surface area contributed by atoms with Crippen LogP contribution < -0.4 is 17.7 Å². The molecule has 1 N–H and O–H groups in total. The van der Waals surface area contributed by atoms with Crippen LogP contribution in [0.2, 0.25) is 0 Å². The van der Waals surface area contributed by atoms with Gasteiger partial charge in [0.15, 0.2) is 0 Å². The lowest BCUT2D eigenvalue weighted by molar-refractivity contribution is -0.161. The Bertz CT molecular complexity index is 209. The Morgan fingerprint density at radius 3 is 2.00 bits per heavy atom. The molecule has 4 aliphatic carbocycles. The third-order valence-corrected chi connectivity index (χ3v) is 4.74. The second-order valence-corrected chi connectivity index (χ2v) is 6.05. The van der Waals surface area contributed by atoms with Crippen molar-refractivity contribution >= 4 is 0 Å². The molecule has 0 unspecified atom stereocenters. The van der Waals surface area contributed by atoms with Gasteiger partial charge in [-0.15, -0.1) is 0 Å². The van der Waals surface area contributed by atoms with Crippen LogP contribution in [0.4, 0.5) is 0 Å². The van der Waals surface area contributed by atoms with Gasteiger partial charge in [-0.2, -0.15) is 0 Å². The van der Waals surface area contributed by atoms with E-state index in [1.807, 2.05) is 7.05 Å². The molecule has 16 heavy (non-hydrogen) atoms. The van der Waals surface area contributed by atoms with E-state index in [4.69, 9.17) is 4.74 Å². The molecule has 0 aromatic carbocycles. The molecular formula is C13H23ClNO-. The van der Waals surface area contributed by atoms with Crippen molar-refractivity contribution in [1.29, 1.82) is 0 Å². The summed E-state index contributed by atoms with van der Waals surface area (Å²) in [4.78, 5) is 0. The molecule has 0 heterocycles. The number of rotatable bonds is 4. The van der Waals surface area contributed by atoms with Gasteiger partial charge in [-0.25, -0.2) is 0 Å². The van der Waals surface area contributed by atoms with Gasteiger partial charge in [-0.3, -0.25) is 0 Å². The maximum Gasteiger partial charge on any atom is 0.0691 e. The van der Waals surface area contributed by atoms with Crippen LogP contribution in [-0.2, 0) is 4.74 Å². The molecule has 0 aromatic heterocycles. The highest BCUT2D eigenvalue weighted by Crippen LogP contribution is 2.56. The summed E-state index contributed by atoms with van der Waals surface area (Å²) in [6, 6.07) is 0. The van der Waals surface area contributed by atoms with Gasteiger partial charge in [0, 0.05) is 6.54 Å². The highest BCUT2D eigenvalue weighted by Gasteiger charge is 2.51. The summed E-state index contributed by atoms with van der Waals surface area (Å²) in [5.74, 6) is 3.02. The summed E-state index contributed by atoms with van der Waals surface area (Å²) >= 11 is 0. The van der Waals surface area contributed by atoms with Crippen molar-refractivity contribution in [3.63, 3.8) is 0 Å². The number of hydrogen-bond acceptors (Lipinski definition) is 2. The van der Waals surface area contributed by atoms with Gasteiger partial charge in [0.05, 0.1) is 12.2 Å². The van der Waals surface area contributed by atoms with E-state index in [2.05, 4.69) is 5.32 Å². The van der Waals surface area contributed by atoms with Gasteiger partial charge in [0.25, 0.3) is 0 Å². The fraction of sp³-hybridized carbons (Fsp3) is 1.00. The van der Waals surface area contributed by atoms with Crippen LogP contribution in [0.1, 0.15) is 38.5 Å². The first-order valence-corrected chi connectivity index (χ1v) is 6.58. The van der Waals surface area contributed by atoms with Crippen LogP contribution in [-0.4, -0.2) is 25.8 Å². The quantitative estimate of drug-likeness (QED) is 0.654. The molecular weight excluding hydrogens is 222 g/mol. The van der Waals surface area contributed by atoms with Crippen molar-refractivity contribution in [2.24, 2.45) is 17.8 Å². The Kier molecular flexibility index (Phi) is 3.82. The second-order valence-electron chi connectivity index (χ2n) is 6.05. The van der Waals surface area contributed by atoms with Gasteiger partial charge >= 0.3 is 0 Å². The highest BCUT2D eigenvalue weighted by atomic mass is 35.5. The first kappa shape index (κ1) is 12.7. The van der Waals surface area contributed by atoms with Gasteiger partial charge in [-0.1, -0.05) is 0 Å². The fourth-order valence-corrected chi connectivity index (χ4v) is 4.58. The molecule has 4 fully saturated rings. The number of halogens is 1. The number of ether oxygens (including phenoxy) is 1.